The zero-order chi connectivity index (χ0) is 20.3. The molecule has 28 heavy (non-hydrogen) atoms. The number of carbonyl (C=O) groups excluding carboxylic acids is 1. The molecule has 8 heteroatoms. The quantitative estimate of drug-likeness (QED) is 0.821. The highest BCUT2D eigenvalue weighted by atomic mass is 19.1. The molecule has 0 spiro atoms. The lowest BCUT2D eigenvalue weighted by molar-refractivity contribution is -0.132. The number of rotatable bonds is 6. The van der Waals surface area contributed by atoms with E-state index in [-0.39, 0.29) is 29.7 Å². The normalized spacial score (nSPS) is 14.9. The van der Waals surface area contributed by atoms with E-state index >= 15 is 0 Å². The number of hydrogen-bond acceptors (Lipinski definition) is 4. The number of aromatic nitrogens is 2. The van der Waals surface area contributed by atoms with E-state index in [0.29, 0.717) is 43.6 Å². The smallest absolute Gasteiger partial charge is 0.339 e. The van der Waals surface area contributed by atoms with Crippen LogP contribution in [-0.2, 0) is 11.2 Å². The molecule has 1 aromatic heterocycles. The van der Waals surface area contributed by atoms with Crippen LogP contribution >= 0.6 is 0 Å². The number of carboxylic acid groups (broad SMARTS) is 1. The molecule has 2 heterocycles. The van der Waals surface area contributed by atoms with Gasteiger partial charge in [-0.3, -0.25) is 9.48 Å². The molecule has 0 aliphatic carbocycles. The maximum Gasteiger partial charge on any atom is 0.339 e. The fourth-order valence-electron chi connectivity index (χ4n) is 3.67. The monoisotopic (exact) mass is 389 g/mol. The van der Waals surface area contributed by atoms with Crippen molar-refractivity contribution in [3.05, 3.63) is 47.0 Å². The van der Waals surface area contributed by atoms with Crippen LogP contribution in [0.15, 0.2) is 24.4 Å². The van der Waals surface area contributed by atoms with Crippen LogP contribution in [0.2, 0.25) is 0 Å². The van der Waals surface area contributed by atoms with Gasteiger partial charge in [0.1, 0.15) is 5.56 Å². The van der Waals surface area contributed by atoms with Crippen molar-refractivity contribution in [2.45, 2.75) is 38.6 Å². The van der Waals surface area contributed by atoms with E-state index in [1.165, 1.54) is 13.3 Å². The molecular weight excluding hydrogens is 365 g/mol. The molecule has 0 bridgehead atoms. The third-order valence-electron chi connectivity index (χ3n) is 5.31. The molecule has 7 nitrogen and oxygen atoms in total. The van der Waals surface area contributed by atoms with Crippen molar-refractivity contribution < 1.29 is 23.8 Å². The molecule has 0 radical (unpaired) electrons. The van der Waals surface area contributed by atoms with E-state index in [1.54, 1.807) is 34.7 Å². The van der Waals surface area contributed by atoms with Crippen molar-refractivity contribution in [1.82, 2.24) is 14.7 Å². The van der Waals surface area contributed by atoms with E-state index in [9.17, 15) is 14.0 Å². The van der Waals surface area contributed by atoms with Crippen LogP contribution in [-0.4, -0.2) is 51.9 Å². The summed E-state index contributed by atoms with van der Waals surface area (Å²) in [6, 6.07) is 5.01. The number of halogens is 1. The Labute approximate surface area is 162 Å². The Hall–Kier alpha value is -2.90. The zero-order valence-electron chi connectivity index (χ0n) is 16.0. The highest BCUT2D eigenvalue weighted by molar-refractivity contribution is 5.88. The van der Waals surface area contributed by atoms with Crippen molar-refractivity contribution in [2.75, 3.05) is 20.2 Å². The number of nitrogens with zero attached hydrogens (tertiary/aromatic N) is 3. The Morgan fingerprint density at radius 3 is 2.64 bits per heavy atom. The average Bonchev–Trinajstić information content (AvgIpc) is 3.08. The second-order valence-electron chi connectivity index (χ2n) is 6.94. The molecule has 2 aromatic rings. The molecule has 1 aromatic carbocycles. The lowest BCUT2D eigenvalue weighted by Crippen LogP contribution is -2.39. The summed E-state index contributed by atoms with van der Waals surface area (Å²) in [6.45, 7) is 2.90. The number of likely N-dealkylation sites (tertiary alicyclic amines) is 1. The Bertz CT molecular complexity index is 872. The summed E-state index contributed by atoms with van der Waals surface area (Å²) in [5.41, 5.74) is 1.31. The number of hydrogen-bond donors (Lipinski definition) is 1. The first-order chi connectivity index (χ1) is 13.4. The predicted molar refractivity (Wildman–Crippen MR) is 100 cm³/mol. The summed E-state index contributed by atoms with van der Waals surface area (Å²) in [4.78, 5) is 25.5. The first-order valence-electron chi connectivity index (χ1n) is 9.29. The molecule has 1 amide bonds. The van der Waals surface area contributed by atoms with Crippen LogP contribution in [0.1, 0.15) is 46.9 Å². The highest BCUT2D eigenvalue weighted by Crippen LogP contribution is 2.26. The van der Waals surface area contributed by atoms with Gasteiger partial charge in [0, 0.05) is 19.5 Å². The molecule has 1 saturated heterocycles. The Morgan fingerprint density at radius 1 is 1.32 bits per heavy atom. The predicted octanol–water partition coefficient (Wildman–Crippen LogP) is 2.83. The fraction of sp³-hybridized carbons (Fsp3) is 0.450. The van der Waals surface area contributed by atoms with Crippen LogP contribution in [0, 0.1) is 12.7 Å². The van der Waals surface area contributed by atoms with E-state index in [0.717, 1.165) is 0 Å². The number of piperidine rings is 1. The molecule has 1 aliphatic heterocycles. The molecule has 0 unspecified atom stereocenters. The van der Waals surface area contributed by atoms with Crippen LogP contribution in [0.4, 0.5) is 4.39 Å². The van der Waals surface area contributed by atoms with E-state index < -0.39 is 11.8 Å². The number of benzene rings is 1. The Morgan fingerprint density at radius 2 is 2.04 bits per heavy atom. The lowest BCUT2D eigenvalue weighted by Gasteiger charge is -2.32. The summed E-state index contributed by atoms with van der Waals surface area (Å²) < 4.78 is 20.9. The van der Waals surface area contributed by atoms with E-state index in [4.69, 9.17) is 9.84 Å². The van der Waals surface area contributed by atoms with Crippen LogP contribution in [0.3, 0.4) is 0 Å². The van der Waals surface area contributed by atoms with Gasteiger partial charge in [-0.05, 0) is 37.8 Å². The molecule has 0 atom stereocenters. The first-order valence-corrected chi connectivity index (χ1v) is 9.29. The SMILES string of the molecule is COc1cccc(CCC(=O)N2CCC(n3ncc(C(=O)O)c3C)CC2)c1F. The molecule has 1 aliphatic rings. The van der Waals surface area contributed by atoms with Crippen molar-refractivity contribution in [3.63, 3.8) is 0 Å². The van der Waals surface area contributed by atoms with Gasteiger partial charge >= 0.3 is 5.97 Å². The molecule has 3 rings (SSSR count). The average molecular weight is 389 g/mol. The number of aryl methyl sites for hydroxylation is 1. The Balaban J connectivity index is 1.55. The van der Waals surface area contributed by atoms with Crippen LogP contribution in [0.25, 0.3) is 0 Å². The largest absolute Gasteiger partial charge is 0.494 e. The minimum absolute atomic E-state index is 0.0101. The fourth-order valence-corrected chi connectivity index (χ4v) is 3.67. The molecular formula is C20H24FN3O4. The lowest BCUT2D eigenvalue weighted by atomic mass is 10.0. The van der Waals surface area contributed by atoms with Gasteiger partial charge in [0.05, 0.1) is 25.0 Å². The van der Waals surface area contributed by atoms with Gasteiger partial charge < -0.3 is 14.7 Å². The standard InChI is InChI=1S/C20H24FN3O4/c1-13-16(20(26)27)12-22-24(13)15-8-10-23(11-9-15)18(25)7-6-14-4-3-5-17(28-2)19(14)21/h3-5,12,15H,6-11H2,1-2H3,(H,26,27). The van der Waals surface area contributed by atoms with Gasteiger partial charge in [-0.2, -0.15) is 5.10 Å². The zero-order valence-corrected chi connectivity index (χ0v) is 16.0. The topological polar surface area (TPSA) is 84.7 Å². The Kier molecular flexibility index (Phi) is 5.96. The number of ether oxygens (including phenoxy) is 1. The second-order valence-corrected chi connectivity index (χ2v) is 6.94. The third kappa shape index (κ3) is 4.00. The minimum Gasteiger partial charge on any atom is -0.494 e. The number of amides is 1. The van der Waals surface area contributed by atoms with Gasteiger partial charge in [0.2, 0.25) is 5.91 Å². The van der Waals surface area contributed by atoms with Gasteiger partial charge in [-0.1, -0.05) is 12.1 Å². The highest BCUT2D eigenvalue weighted by Gasteiger charge is 2.26. The maximum absolute atomic E-state index is 14.2. The van der Waals surface area contributed by atoms with Gasteiger partial charge in [0.15, 0.2) is 11.6 Å². The summed E-state index contributed by atoms with van der Waals surface area (Å²) in [6.07, 6.45) is 3.35. The van der Waals surface area contributed by atoms with Crippen molar-refractivity contribution >= 4 is 11.9 Å². The molecule has 0 saturated carbocycles. The van der Waals surface area contributed by atoms with Crippen molar-refractivity contribution in [1.29, 1.82) is 0 Å². The molecule has 1 fully saturated rings. The van der Waals surface area contributed by atoms with Gasteiger partial charge in [-0.25, -0.2) is 9.18 Å². The number of carbonyl (C=O) groups is 2. The summed E-state index contributed by atoms with van der Waals surface area (Å²) in [5.74, 6) is -1.23. The van der Waals surface area contributed by atoms with Crippen molar-refractivity contribution in [2.24, 2.45) is 0 Å². The van der Waals surface area contributed by atoms with E-state index in [1.807, 2.05) is 0 Å². The van der Waals surface area contributed by atoms with Gasteiger partial charge in [-0.15, -0.1) is 0 Å². The number of aromatic carboxylic acids is 1. The molecule has 1 N–H and O–H groups in total. The summed E-state index contributed by atoms with van der Waals surface area (Å²) in [7, 11) is 1.41. The maximum atomic E-state index is 14.2. The molecule has 150 valence electrons. The third-order valence-corrected chi connectivity index (χ3v) is 5.31. The minimum atomic E-state index is -0.985. The van der Waals surface area contributed by atoms with E-state index in [2.05, 4.69) is 5.10 Å². The van der Waals surface area contributed by atoms with Crippen LogP contribution in [0.5, 0.6) is 5.75 Å². The van der Waals surface area contributed by atoms with Crippen molar-refractivity contribution in [3.8, 4) is 5.75 Å². The summed E-state index contributed by atoms with van der Waals surface area (Å²) in [5, 5.41) is 13.4. The van der Waals surface area contributed by atoms with Gasteiger partial charge in [0.25, 0.3) is 0 Å². The van der Waals surface area contributed by atoms with Crippen LogP contribution < -0.4 is 4.74 Å². The first kappa shape index (κ1) is 19.9. The number of carboxylic acids is 1. The second kappa shape index (κ2) is 8.41. The number of methoxy groups -OCH3 is 1. The summed E-state index contributed by atoms with van der Waals surface area (Å²) >= 11 is 0.